The Hall–Kier alpha value is -1.00. The summed E-state index contributed by atoms with van der Waals surface area (Å²) in [4.78, 5) is 14.6. The van der Waals surface area contributed by atoms with E-state index in [9.17, 15) is 26.7 Å². The van der Waals surface area contributed by atoms with Gasteiger partial charge in [-0.1, -0.05) is 0 Å². The zero-order valence-electron chi connectivity index (χ0n) is 9.39. The molecular formula is C10H7F5INO2. The maximum Gasteiger partial charge on any atom is 0.434 e. The molecule has 0 saturated carbocycles. The predicted octanol–water partition coefficient (Wildman–Crippen LogP) is 3.82. The second kappa shape index (κ2) is 5.97. The number of ether oxygens (including phenoxy) is 1. The third kappa shape index (κ3) is 3.74. The van der Waals surface area contributed by atoms with Crippen LogP contribution in [-0.4, -0.2) is 17.6 Å². The van der Waals surface area contributed by atoms with Crippen molar-refractivity contribution in [1.29, 1.82) is 0 Å². The molecule has 1 heterocycles. The van der Waals surface area contributed by atoms with E-state index >= 15 is 0 Å². The average molecular weight is 395 g/mol. The van der Waals surface area contributed by atoms with Gasteiger partial charge in [-0.25, -0.2) is 18.6 Å². The molecule has 1 aromatic rings. The Morgan fingerprint density at radius 2 is 2.05 bits per heavy atom. The van der Waals surface area contributed by atoms with E-state index in [0.717, 1.165) is 6.07 Å². The number of hydrogen-bond donors (Lipinski definition) is 0. The summed E-state index contributed by atoms with van der Waals surface area (Å²) in [5.74, 6) is -1.46. The van der Waals surface area contributed by atoms with Crippen LogP contribution in [0.1, 0.15) is 35.0 Å². The van der Waals surface area contributed by atoms with Crippen LogP contribution in [0.25, 0.3) is 0 Å². The first kappa shape index (κ1) is 16.1. The van der Waals surface area contributed by atoms with Gasteiger partial charge in [0, 0.05) is 5.56 Å². The van der Waals surface area contributed by atoms with Gasteiger partial charge in [-0.15, -0.1) is 0 Å². The Bertz CT molecular complexity index is 490. The number of rotatable bonds is 3. The maximum atomic E-state index is 12.8. The molecule has 0 aromatic carbocycles. The van der Waals surface area contributed by atoms with Crippen molar-refractivity contribution in [3.8, 4) is 0 Å². The molecule has 0 bridgehead atoms. The number of esters is 1. The zero-order chi connectivity index (χ0) is 14.8. The van der Waals surface area contributed by atoms with Gasteiger partial charge >= 0.3 is 12.1 Å². The first-order valence-electron chi connectivity index (χ1n) is 4.91. The minimum absolute atomic E-state index is 0.231. The summed E-state index contributed by atoms with van der Waals surface area (Å²) >= 11 is 1.37. The van der Waals surface area contributed by atoms with Crippen LogP contribution >= 0.6 is 22.6 Å². The van der Waals surface area contributed by atoms with Crippen LogP contribution in [0.2, 0.25) is 0 Å². The Morgan fingerprint density at radius 1 is 1.47 bits per heavy atom. The third-order valence-electron chi connectivity index (χ3n) is 2.00. The number of carbonyl (C=O) groups excluding carboxylic acids is 1. The van der Waals surface area contributed by atoms with Crippen molar-refractivity contribution in [2.75, 3.05) is 6.61 Å². The molecule has 0 aliphatic heterocycles. The fourth-order valence-corrected chi connectivity index (χ4v) is 1.90. The number of hydrogen-bond acceptors (Lipinski definition) is 3. The highest BCUT2D eigenvalue weighted by atomic mass is 127. The van der Waals surface area contributed by atoms with Gasteiger partial charge in [0.25, 0.3) is 6.43 Å². The van der Waals surface area contributed by atoms with Gasteiger partial charge in [-0.05, 0) is 35.6 Å². The monoisotopic (exact) mass is 395 g/mol. The largest absolute Gasteiger partial charge is 0.462 e. The normalized spacial score (nSPS) is 11.8. The van der Waals surface area contributed by atoms with Crippen LogP contribution in [0, 0.1) is 3.70 Å². The highest BCUT2D eigenvalue weighted by molar-refractivity contribution is 14.1. The Kier molecular flexibility index (Phi) is 5.04. The molecule has 0 fully saturated rings. The molecular weight excluding hydrogens is 388 g/mol. The number of aromatic nitrogens is 1. The van der Waals surface area contributed by atoms with Gasteiger partial charge in [0.2, 0.25) is 0 Å². The van der Waals surface area contributed by atoms with Gasteiger partial charge in [0.15, 0.2) is 5.69 Å². The van der Waals surface area contributed by atoms with E-state index in [-0.39, 0.29) is 10.3 Å². The van der Waals surface area contributed by atoms with Crippen molar-refractivity contribution in [3.05, 3.63) is 26.6 Å². The highest BCUT2D eigenvalue weighted by Crippen LogP contribution is 2.36. The molecule has 1 aromatic heterocycles. The maximum absolute atomic E-state index is 12.8. The Balaban J connectivity index is 3.57. The first-order chi connectivity index (χ1) is 8.68. The van der Waals surface area contributed by atoms with E-state index in [4.69, 9.17) is 0 Å². The zero-order valence-corrected chi connectivity index (χ0v) is 11.6. The summed E-state index contributed by atoms with van der Waals surface area (Å²) in [6.45, 7) is 1.12. The van der Waals surface area contributed by atoms with Gasteiger partial charge in [0.1, 0.15) is 3.70 Å². The van der Waals surface area contributed by atoms with Crippen LogP contribution in [-0.2, 0) is 10.9 Å². The lowest BCUT2D eigenvalue weighted by atomic mass is 10.1. The Labute approximate surface area is 118 Å². The van der Waals surface area contributed by atoms with Crippen molar-refractivity contribution in [2.24, 2.45) is 0 Å². The van der Waals surface area contributed by atoms with Crippen LogP contribution < -0.4 is 0 Å². The molecule has 106 valence electrons. The molecule has 0 atom stereocenters. The number of carbonyl (C=O) groups is 1. The predicted molar refractivity (Wildman–Crippen MR) is 62.9 cm³/mol. The molecule has 0 aliphatic rings. The smallest absolute Gasteiger partial charge is 0.434 e. The Morgan fingerprint density at radius 3 is 2.47 bits per heavy atom. The topological polar surface area (TPSA) is 39.2 Å². The summed E-state index contributed by atoms with van der Waals surface area (Å²) in [6.07, 6.45) is -8.26. The van der Waals surface area contributed by atoms with Gasteiger partial charge < -0.3 is 4.74 Å². The summed E-state index contributed by atoms with van der Waals surface area (Å²) in [7, 11) is 0. The van der Waals surface area contributed by atoms with Gasteiger partial charge in [-0.2, -0.15) is 13.2 Å². The van der Waals surface area contributed by atoms with Crippen molar-refractivity contribution in [3.63, 3.8) is 0 Å². The van der Waals surface area contributed by atoms with Crippen LogP contribution in [0.5, 0.6) is 0 Å². The summed E-state index contributed by atoms with van der Waals surface area (Å²) in [5, 5.41) is 0. The number of alkyl halides is 5. The van der Waals surface area contributed by atoms with Crippen LogP contribution in [0.15, 0.2) is 6.07 Å². The summed E-state index contributed by atoms with van der Waals surface area (Å²) in [6, 6.07) is 0.729. The molecule has 0 radical (unpaired) electrons. The van der Waals surface area contributed by atoms with E-state index in [1.165, 1.54) is 29.5 Å². The van der Waals surface area contributed by atoms with Crippen LogP contribution in [0.3, 0.4) is 0 Å². The number of pyridine rings is 1. The van der Waals surface area contributed by atoms with Crippen molar-refractivity contribution < 1.29 is 31.5 Å². The van der Waals surface area contributed by atoms with E-state index in [2.05, 4.69) is 9.72 Å². The molecule has 0 N–H and O–H groups in total. The second-order valence-electron chi connectivity index (χ2n) is 3.28. The standard InChI is InChI=1S/C10H7F5INO2/c1-2-19-9(18)6-4(8(11)12)3-5(16)17-7(6)10(13,14)15/h3,8H,2H2,1H3. The lowest BCUT2D eigenvalue weighted by Gasteiger charge is -2.15. The van der Waals surface area contributed by atoms with Crippen molar-refractivity contribution in [2.45, 2.75) is 19.5 Å². The molecule has 1 rings (SSSR count). The number of nitrogens with zero attached hydrogens (tertiary/aromatic N) is 1. The van der Waals surface area contributed by atoms with Gasteiger partial charge in [0.05, 0.1) is 12.2 Å². The molecule has 0 unspecified atom stereocenters. The molecule has 19 heavy (non-hydrogen) atoms. The van der Waals surface area contributed by atoms with E-state index in [0.29, 0.717) is 0 Å². The van der Waals surface area contributed by atoms with E-state index in [1.807, 2.05) is 0 Å². The van der Waals surface area contributed by atoms with Crippen molar-refractivity contribution >= 4 is 28.6 Å². The number of halogens is 6. The lowest BCUT2D eigenvalue weighted by Crippen LogP contribution is -2.20. The SMILES string of the molecule is CCOC(=O)c1c(C(F)F)cc(I)nc1C(F)(F)F. The summed E-state index contributed by atoms with van der Waals surface area (Å²) < 4.78 is 67.9. The summed E-state index contributed by atoms with van der Waals surface area (Å²) in [5.41, 5.74) is -3.93. The molecule has 0 amide bonds. The quantitative estimate of drug-likeness (QED) is 0.338. The van der Waals surface area contributed by atoms with Gasteiger partial charge in [-0.3, -0.25) is 0 Å². The minimum Gasteiger partial charge on any atom is -0.462 e. The van der Waals surface area contributed by atoms with Crippen molar-refractivity contribution in [1.82, 2.24) is 4.98 Å². The third-order valence-corrected chi connectivity index (χ3v) is 2.55. The first-order valence-corrected chi connectivity index (χ1v) is 5.99. The fourth-order valence-electron chi connectivity index (χ4n) is 1.33. The molecule has 0 spiro atoms. The average Bonchev–Trinajstić information content (AvgIpc) is 2.26. The lowest BCUT2D eigenvalue weighted by molar-refractivity contribution is -0.142. The molecule has 3 nitrogen and oxygen atoms in total. The fraction of sp³-hybridized carbons (Fsp3) is 0.400. The molecule has 9 heteroatoms. The molecule has 0 saturated heterocycles. The van der Waals surface area contributed by atoms with E-state index < -0.39 is 35.4 Å². The van der Waals surface area contributed by atoms with Crippen LogP contribution in [0.4, 0.5) is 22.0 Å². The van der Waals surface area contributed by atoms with E-state index in [1.54, 1.807) is 0 Å². The molecule has 0 aliphatic carbocycles. The highest BCUT2D eigenvalue weighted by Gasteiger charge is 2.40. The second-order valence-corrected chi connectivity index (χ2v) is 4.38. The minimum atomic E-state index is -5.02.